The van der Waals surface area contributed by atoms with Gasteiger partial charge in [-0.25, -0.2) is 0 Å². The first-order chi connectivity index (χ1) is 9.01. The highest BCUT2D eigenvalue weighted by molar-refractivity contribution is 5.99. The summed E-state index contributed by atoms with van der Waals surface area (Å²) in [5, 5.41) is 9.76. The van der Waals surface area contributed by atoms with Crippen LogP contribution in [0.25, 0.3) is 0 Å². The van der Waals surface area contributed by atoms with Crippen LogP contribution in [0.2, 0.25) is 0 Å². The normalized spacial score (nSPS) is 10.0. The molecule has 1 amide bonds. The summed E-state index contributed by atoms with van der Waals surface area (Å²) in [6.07, 6.45) is 0. The van der Waals surface area contributed by atoms with Crippen molar-refractivity contribution in [1.82, 2.24) is 4.90 Å². The molecule has 0 saturated heterocycles. The number of hydrogen-bond donors (Lipinski definition) is 2. The molecule has 0 saturated carbocycles. The minimum atomic E-state index is -0.485. The number of nitrogens with zero attached hydrogens (tertiary/aromatic N) is 1. The zero-order valence-electron chi connectivity index (χ0n) is 11.0. The van der Waals surface area contributed by atoms with E-state index in [1.807, 2.05) is 0 Å². The van der Waals surface area contributed by atoms with Crippen LogP contribution in [0, 0.1) is 0 Å². The van der Waals surface area contributed by atoms with E-state index in [-0.39, 0.29) is 30.2 Å². The zero-order chi connectivity index (χ0) is 14.4. The Kier molecular flexibility index (Phi) is 5.17. The number of para-hydroxylation sites is 1. The highest BCUT2D eigenvalue weighted by Gasteiger charge is 2.21. The van der Waals surface area contributed by atoms with Gasteiger partial charge in [0.05, 0.1) is 17.9 Å². The molecule has 0 bridgehead atoms. The summed E-state index contributed by atoms with van der Waals surface area (Å²) < 4.78 is 4.79. The van der Waals surface area contributed by atoms with E-state index in [1.165, 1.54) is 17.0 Å². The van der Waals surface area contributed by atoms with Crippen molar-refractivity contribution in [1.29, 1.82) is 0 Å². The number of likely N-dealkylation sites (N-methyl/N-ethyl adjacent to an activating group) is 1. The molecule has 0 spiro atoms. The number of esters is 1. The van der Waals surface area contributed by atoms with Gasteiger partial charge in [0.15, 0.2) is 5.75 Å². The lowest BCUT2D eigenvalue weighted by molar-refractivity contribution is -0.143. The summed E-state index contributed by atoms with van der Waals surface area (Å²) in [4.78, 5) is 24.9. The van der Waals surface area contributed by atoms with Crippen LogP contribution < -0.4 is 5.73 Å². The number of nitrogens with two attached hydrogens (primary N) is 1. The predicted octanol–water partition coefficient (Wildman–Crippen LogP) is 1.000. The number of hydrogen-bond acceptors (Lipinski definition) is 5. The molecule has 6 heteroatoms. The summed E-state index contributed by atoms with van der Waals surface area (Å²) in [6.45, 7) is 3.86. The van der Waals surface area contributed by atoms with Gasteiger partial charge in [-0.15, -0.1) is 0 Å². The molecule has 0 atom stereocenters. The van der Waals surface area contributed by atoms with E-state index >= 15 is 0 Å². The van der Waals surface area contributed by atoms with Gasteiger partial charge in [0.1, 0.15) is 6.54 Å². The second-order valence-corrected chi connectivity index (χ2v) is 3.87. The first-order valence-electron chi connectivity index (χ1n) is 6.03. The van der Waals surface area contributed by atoms with Crippen LogP contribution in [0.1, 0.15) is 24.2 Å². The molecule has 0 heterocycles. The van der Waals surface area contributed by atoms with Crippen LogP contribution in [0.5, 0.6) is 5.75 Å². The highest BCUT2D eigenvalue weighted by atomic mass is 16.5. The minimum absolute atomic E-state index is 0.0751. The van der Waals surface area contributed by atoms with Crippen molar-refractivity contribution in [3.63, 3.8) is 0 Å². The van der Waals surface area contributed by atoms with Gasteiger partial charge in [-0.05, 0) is 26.0 Å². The van der Waals surface area contributed by atoms with Crippen LogP contribution in [0.4, 0.5) is 5.69 Å². The van der Waals surface area contributed by atoms with Gasteiger partial charge in [-0.1, -0.05) is 6.07 Å². The van der Waals surface area contributed by atoms with Crippen molar-refractivity contribution in [3.8, 4) is 5.75 Å². The second kappa shape index (κ2) is 6.63. The zero-order valence-corrected chi connectivity index (χ0v) is 11.0. The minimum Gasteiger partial charge on any atom is -0.505 e. The average molecular weight is 266 g/mol. The van der Waals surface area contributed by atoms with Crippen molar-refractivity contribution < 1.29 is 19.4 Å². The Morgan fingerprint density at radius 2 is 2.05 bits per heavy atom. The topological polar surface area (TPSA) is 92.9 Å². The number of carbonyl (C=O) groups excluding carboxylic acids is 2. The van der Waals surface area contributed by atoms with Crippen LogP contribution in [0.15, 0.2) is 18.2 Å². The molecule has 0 fully saturated rings. The van der Waals surface area contributed by atoms with Crippen molar-refractivity contribution in [3.05, 3.63) is 23.8 Å². The molecule has 0 radical (unpaired) electrons. The summed E-state index contributed by atoms with van der Waals surface area (Å²) in [5.74, 6) is -1.21. The molecule has 0 aliphatic rings. The van der Waals surface area contributed by atoms with E-state index in [0.717, 1.165) is 0 Å². The van der Waals surface area contributed by atoms with Gasteiger partial charge >= 0.3 is 5.97 Å². The lowest BCUT2D eigenvalue weighted by atomic mass is 10.1. The smallest absolute Gasteiger partial charge is 0.325 e. The van der Waals surface area contributed by atoms with Gasteiger partial charge in [-0.3, -0.25) is 9.59 Å². The Hall–Kier alpha value is -2.24. The monoisotopic (exact) mass is 266 g/mol. The van der Waals surface area contributed by atoms with Gasteiger partial charge in [0.2, 0.25) is 0 Å². The van der Waals surface area contributed by atoms with E-state index in [4.69, 9.17) is 10.5 Å². The molecule has 19 heavy (non-hydrogen) atoms. The molecule has 1 rings (SSSR count). The number of anilines is 1. The molecular formula is C13H18N2O4. The van der Waals surface area contributed by atoms with Gasteiger partial charge < -0.3 is 20.5 Å². The fourth-order valence-corrected chi connectivity index (χ4v) is 1.59. The molecule has 0 unspecified atom stereocenters. The predicted molar refractivity (Wildman–Crippen MR) is 70.7 cm³/mol. The SMILES string of the molecule is CCOC(=O)CN(CC)C(=O)c1cccc(N)c1O. The molecule has 6 nitrogen and oxygen atoms in total. The maximum Gasteiger partial charge on any atom is 0.325 e. The molecule has 1 aromatic carbocycles. The van der Waals surface area contributed by atoms with E-state index in [1.54, 1.807) is 19.9 Å². The average Bonchev–Trinajstić information content (AvgIpc) is 2.39. The molecule has 0 aliphatic carbocycles. The van der Waals surface area contributed by atoms with Crippen molar-refractivity contribution in [2.75, 3.05) is 25.4 Å². The molecule has 1 aromatic rings. The second-order valence-electron chi connectivity index (χ2n) is 3.87. The maximum absolute atomic E-state index is 12.2. The maximum atomic E-state index is 12.2. The summed E-state index contributed by atoms with van der Waals surface area (Å²) >= 11 is 0. The highest BCUT2D eigenvalue weighted by Crippen LogP contribution is 2.25. The summed E-state index contributed by atoms with van der Waals surface area (Å²) in [5.41, 5.74) is 5.73. The number of carbonyl (C=O) groups is 2. The number of benzene rings is 1. The third kappa shape index (κ3) is 3.61. The first kappa shape index (κ1) is 14.8. The van der Waals surface area contributed by atoms with Gasteiger partial charge in [0.25, 0.3) is 5.91 Å². The Balaban J connectivity index is 2.89. The van der Waals surface area contributed by atoms with Gasteiger partial charge in [0, 0.05) is 6.54 Å². The third-order valence-corrected chi connectivity index (χ3v) is 2.59. The van der Waals surface area contributed by atoms with E-state index in [9.17, 15) is 14.7 Å². The standard InChI is InChI=1S/C13H18N2O4/c1-3-15(8-11(16)19-4-2)13(18)9-6-5-7-10(14)12(9)17/h5-7,17H,3-4,8,14H2,1-2H3. The molecular weight excluding hydrogens is 248 g/mol. The third-order valence-electron chi connectivity index (χ3n) is 2.59. The molecule has 3 N–H and O–H groups in total. The van der Waals surface area contributed by atoms with Crippen LogP contribution in [-0.2, 0) is 9.53 Å². The number of phenolic OH excluding ortho intramolecular Hbond substituents is 1. The Bertz CT molecular complexity index is 474. The van der Waals surface area contributed by atoms with Gasteiger partial charge in [-0.2, -0.15) is 0 Å². The van der Waals surface area contributed by atoms with E-state index in [0.29, 0.717) is 6.54 Å². The van der Waals surface area contributed by atoms with Crippen LogP contribution in [-0.4, -0.2) is 41.6 Å². The van der Waals surface area contributed by atoms with E-state index in [2.05, 4.69) is 0 Å². The lowest BCUT2D eigenvalue weighted by Crippen LogP contribution is -2.36. The number of nitrogen functional groups attached to an aromatic ring is 1. The summed E-state index contributed by atoms with van der Waals surface area (Å²) in [6, 6.07) is 4.52. The molecule has 104 valence electrons. The van der Waals surface area contributed by atoms with Crippen LogP contribution >= 0.6 is 0 Å². The first-order valence-corrected chi connectivity index (χ1v) is 6.03. The fourth-order valence-electron chi connectivity index (χ4n) is 1.59. The Labute approximate surface area is 111 Å². The lowest BCUT2D eigenvalue weighted by Gasteiger charge is -2.20. The number of aromatic hydroxyl groups is 1. The Morgan fingerprint density at radius 1 is 1.37 bits per heavy atom. The Morgan fingerprint density at radius 3 is 2.63 bits per heavy atom. The number of amides is 1. The van der Waals surface area contributed by atoms with E-state index < -0.39 is 11.9 Å². The van der Waals surface area contributed by atoms with Crippen LogP contribution in [0.3, 0.4) is 0 Å². The molecule has 0 aromatic heterocycles. The van der Waals surface area contributed by atoms with Crippen molar-refractivity contribution >= 4 is 17.6 Å². The molecule has 0 aliphatic heterocycles. The quantitative estimate of drug-likeness (QED) is 0.471. The number of phenols is 1. The largest absolute Gasteiger partial charge is 0.505 e. The van der Waals surface area contributed by atoms with Crippen molar-refractivity contribution in [2.24, 2.45) is 0 Å². The number of rotatable bonds is 5. The van der Waals surface area contributed by atoms with Crippen molar-refractivity contribution in [2.45, 2.75) is 13.8 Å². The number of ether oxygens (including phenoxy) is 1. The summed E-state index contributed by atoms with van der Waals surface area (Å²) in [7, 11) is 0. The fraction of sp³-hybridized carbons (Fsp3) is 0.385.